The fourth-order valence-electron chi connectivity index (χ4n) is 2.87. The lowest BCUT2D eigenvalue weighted by molar-refractivity contribution is 0.284. The normalized spacial score (nSPS) is 10.7. The Bertz CT molecular complexity index is 967. The first-order valence-electron chi connectivity index (χ1n) is 9.75. The van der Waals surface area contributed by atoms with Gasteiger partial charge in [0.25, 0.3) is 0 Å². The number of nitrogens with zero attached hydrogens (tertiary/aromatic N) is 1. The predicted octanol–water partition coefficient (Wildman–Crippen LogP) is 6.19. The second kappa shape index (κ2) is 12.0. The summed E-state index contributed by atoms with van der Waals surface area (Å²) in [4.78, 5) is 4.13. The summed E-state index contributed by atoms with van der Waals surface area (Å²) in [5, 5.41) is 4.90. The number of halogens is 3. The summed E-state index contributed by atoms with van der Waals surface area (Å²) in [6, 6.07) is 14.7. The minimum Gasteiger partial charge on any atom is -0.493 e. The monoisotopic (exact) mass is 480 g/mol. The van der Waals surface area contributed by atoms with Crippen LogP contribution in [-0.2, 0) is 13.2 Å². The van der Waals surface area contributed by atoms with E-state index < -0.39 is 0 Å². The molecule has 0 fully saturated rings. The lowest BCUT2D eigenvalue weighted by Gasteiger charge is -2.15. The maximum Gasteiger partial charge on any atom is 0.213 e. The molecule has 0 radical (unpaired) electrons. The number of benzene rings is 2. The third-order valence-electron chi connectivity index (χ3n) is 4.43. The quantitative estimate of drug-likeness (QED) is 0.331. The highest BCUT2D eigenvalue weighted by atomic mass is 35.5. The number of pyridine rings is 1. The van der Waals surface area contributed by atoms with Crippen LogP contribution < -0.4 is 19.5 Å². The number of ether oxygens (including phenoxy) is 3. The van der Waals surface area contributed by atoms with Crippen molar-refractivity contribution >= 4 is 34.8 Å². The van der Waals surface area contributed by atoms with Crippen LogP contribution in [-0.4, -0.2) is 25.2 Å². The fraction of sp³-hybridized carbons (Fsp3) is 0.261. The van der Waals surface area contributed by atoms with Gasteiger partial charge in [-0.3, -0.25) is 0 Å². The first kappa shape index (κ1) is 23.5. The van der Waals surface area contributed by atoms with Gasteiger partial charge in [0.2, 0.25) is 5.88 Å². The van der Waals surface area contributed by atoms with Gasteiger partial charge in [0.15, 0.2) is 11.5 Å². The average molecular weight is 482 g/mol. The van der Waals surface area contributed by atoms with Crippen molar-refractivity contribution in [2.45, 2.75) is 19.6 Å². The van der Waals surface area contributed by atoms with Crippen molar-refractivity contribution in [3.8, 4) is 17.4 Å². The molecule has 5 nitrogen and oxygen atoms in total. The molecule has 3 aromatic rings. The molecule has 0 aliphatic rings. The molecule has 0 amide bonds. The maximum atomic E-state index is 6.46. The summed E-state index contributed by atoms with van der Waals surface area (Å²) >= 11 is 18.9. The Balaban J connectivity index is 1.51. The number of hydrogen-bond acceptors (Lipinski definition) is 5. The van der Waals surface area contributed by atoms with Crippen LogP contribution in [0.3, 0.4) is 0 Å². The third kappa shape index (κ3) is 6.91. The number of nitrogens with one attached hydrogen (secondary N) is 1. The van der Waals surface area contributed by atoms with E-state index in [0.29, 0.717) is 51.2 Å². The number of aromatic nitrogens is 1. The highest BCUT2D eigenvalue weighted by Crippen LogP contribution is 2.38. The van der Waals surface area contributed by atoms with Gasteiger partial charge in [0.05, 0.1) is 18.7 Å². The molecule has 8 heteroatoms. The van der Waals surface area contributed by atoms with Crippen LogP contribution in [0.5, 0.6) is 17.4 Å². The van der Waals surface area contributed by atoms with E-state index in [1.165, 1.54) is 0 Å². The topological polar surface area (TPSA) is 52.6 Å². The van der Waals surface area contributed by atoms with Crippen LogP contribution >= 0.6 is 34.8 Å². The van der Waals surface area contributed by atoms with Gasteiger partial charge >= 0.3 is 0 Å². The van der Waals surface area contributed by atoms with Crippen molar-refractivity contribution in [1.82, 2.24) is 10.3 Å². The second-order valence-electron chi connectivity index (χ2n) is 6.64. The highest BCUT2D eigenvalue weighted by Gasteiger charge is 2.14. The van der Waals surface area contributed by atoms with Crippen molar-refractivity contribution in [2.24, 2.45) is 0 Å². The Morgan fingerprint density at radius 2 is 1.74 bits per heavy atom. The molecule has 1 aromatic heterocycles. The molecule has 1 heterocycles. The molecule has 0 saturated carbocycles. The molecule has 31 heavy (non-hydrogen) atoms. The van der Waals surface area contributed by atoms with Crippen LogP contribution in [0.4, 0.5) is 0 Å². The standard InChI is InChI=1S/C23H23Cl3N2O3/c1-29-21-13-16(14-27-9-5-11-30-22-8-2-3-10-28-22)12-20(26)23(21)31-15-17-18(24)6-4-7-19(17)25/h2-4,6-8,10,12-13,27H,5,9,11,14-15H2,1H3. The lowest BCUT2D eigenvalue weighted by atomic mass is 10.2. The van der Waals surface area contributed by atoms with Crippen molar-refractivity contribution in [1.29, 1.82) is 0 Å². The van der Waals surface area contributed by atoms with Gasteiger partial charge in [-0.2, -0.15) is 0 Å². The Morgan fingerprint density at radius 1 is 0.935 bits per heavy atom. The van der Waals surface area contributed by atoms with E-state index in [2.05, 4.69) is 10.3 Å². The van der Waals surface area contributed by atoms with E-state index in [1.807, 2.05) is 30.3 Å². The summed E-state index contributed by atoms with van der Waals surface area (Å²) < 4.78 is 17.0. The van der Waals surface area contributed by atoms with Crippen LogP contribution in [0.1, 0.15) is 17.5 Å². The first-order valence-corrected chi connectivity index (χ1v) is 10.9. The second-order valence-corrected chi connectivity index (χ2v) is 7.87. The number of methoxy groups -OCH3 is 1. The zero-order valence-electron chi connectivity index (χ0n) is 17.0. The first-order chi connectivity index (χ1) is 15.1. The zero-order valence-corrected chi connectivity index (χ0v) is 19.3. The molecule has 164 valence electrons. The van der Waals surface area contributed by atoms with Crippen LogP contribution in [0, 0.1) is 0 Å². The van der Waals surface area contributed by atoms with Gasteiger partial charge in [-0.05, 0) is 48.9 Å². The van der Waals surface area contributed by atoms with Gasteiger partial charge in [-0.1, -0.05) is 46.9 Å². The van der Waals surface area contributed by atoms with Gasteiger partial charge in [-0.25, -0.2) is 4.98 Å². The van der Waals surface area contributed by atoms with E-state index in [9.17, 15) is 0 Å². The molecular formula is C23H23Cl3N2O3. The van der Waals surface area contributed by atoms with Gasteiger partial charge in [0.1, 0.15) is 6.61 Å². The molecule has 3 rings (SSSR count). The van der Waals surface area contributed by atoms with E-state index in [4.69, 9.17) is 49.0 Å². The zero-order chi connectivity index (χ0) is 22.1. The molecule has 0 unspecified atom stereocenters. The van der Waals surface area contributed by atoms with E-state index >= 15 is 0 Å². The Hall–Kier alpha value is -2.18. The summed E-state index contributed by atoms with van der Waals surface area (Å²) in [7, 11) is 1.58. The van der Waals surface area contributed by atoms with E-state index in [1.54, 1.807) is 31.5 Å². The number of hydrogen-bond donors (Lipinski definition) is 1. The lowest BCUT2D eigenvalue weighted by Crippen LogP contribution is -2.17. The average Bonchev–Trinajstić information content (AvgIpc) is 2.77. The van der Waals surface area contributed by atoms with Crippen molar-refractivity contribution in [2.75, 3.05) is 20.3 Å². The highest BCUT2D eigenvalue weighted by molar-refractivity contribution is 6.36. The summed E-state index contributed by atoms with van der Waals surface area (Å²) in [5.41, 5.74) is 1.68. The molecule has 1 N–H and O–H groups in total. The predicted molar refractivity (Wildman–Crippen MR) is 125 cm³/mol. The van der Waals surface area contributed by atoms with Crippen molar-refractivity contribution < 1.29 is 14.2 Å². The van der Waals surface area contributed by atoms with E-state index in [0.717, 1.165) is 18.5 Å². The fourth-order valence-corrected chi connectivity index (χ4v) is 3.66. The van der Waals surface area contributed by atoms with E-state index in [-0.39, 0.29) is 6.61 Å². The van der Waals surface area contributed by atoms with Crippen LogP contribution in [0.15, 0.2) is 54.7 Å². The maximum absolute atomic E-state index is 6.46. The number of rotatable bonds is 11. The molecule has 0 atom stereocenters. The molecule has 2 aromatic carbocycles. The molecule has 0 saturated heterocycles. The minimum atomic E-state index is 0.183. The largest absolute Gasteiger partial charge is 0.493 e. The Labute approximate surface area is 197 Å². The van der Waals surface area contributed by atoms with Gasteiger partial charge in [0, 0.05) is 34.4 Å². The Kier molecular flexibility index (Phi) is 9.10. The molecule has 0 spiro atoms. The molecular weight excluding hydrogens is 459 g/mol. The molecule has 0 aliphatic heterocycles. The minimum absolute atomic E-state index is 0.183. The smallest absolute Gasteiger partial charge is 0.213 e. The van der Waals surface area contributed by atoms with Crippen LogP contribution in [0.2, 0.25) is 15.1 Å². The third-order valence-corrected chi connectivity index (χ3v) is 5.42. The molecule has 0 aliphatic carbocycles. The van der Waals surface area contributed by atoms with Crippen molar-refractivity contribution in [3.05, 3.63) is 80.9 Å². The van der Waals surface area contributed by atoms with Crippen LogP contribution in [0.25, 0.3) is 0 Å². The summed E-state index contributed by atoms with van der Waals surface area (Å²) in [5.74, 6) is 1.63. The summed E-state index contributed by atoms with van der Waals surface area (Å²) in [6.45, 7) is 2.19. The van der Waals surface area contributed by atoms with Crippen molar-refractivity contribution in [3.63, 3.8) is 0 Å². The summed E-state index contributed by atoms with van der Waals surface area (Å²) in [6.07, 6.45) is 2.56. The van der Waals surface area contributed by atoms with Gasteiger partial charge in [-0.15, -0.1) is 0 Å². The molecule has 0 bridgehead atoms. The van der Waals surface area contributed by atoms with Gasteiger partial charge < -0.3 is 19.5 Å². The SMILES string of the molecule is COc1cc(CNCCCOc2ccccn2)cc(Cl)c1OCc1c(Cl)cccc1Cl. The Morgan fingerprint density at radius 3 is 2.45 bits per heavy atom.